The van der Waals surface area contributed by atoms with Crippen LogP contribution in [0.1, 0.15) is 47.3 Å². The van der Waals surface area contributed by atoms with E-state index in [0.29, 0.717) is 11.1 Å². The van der Waals surface area contributed by atoms with E-state index in [1.165, 1.54) is 16.4 Å². The number of Topliss-reactive ketones (excluding diaryl/α,β-unsaturated/α-hetero) is 1. The third kappa shape index (κ3) is 5.66. The number of nitrogens with zero attached hydrogens (tertiary/aromatic N) is 1. The van der Waals surface area contributed by atoms with Gasteiger partial charge in [0.2, 0.25) is 10.0 Å². The van der Waals surface area contributed by atoms with Gasteiger partial charge < -0.3 is 9.84 Å². The van der Waals surface area contributed by atoms with E-state index in [1.807, 2.05) is 13.0 Å². The number of rotatable bonds is 9. The highest BCUT2D eigenvalue weighted by Crippen LogP contribution is 2.46. The van der Waals surface area contributed by atoms with Crippen molar-refractivity contribution in [2.24, 2.45) is 5.92 Å². The lowest BCUT2D eigenvalue weighted by atomic mass is 9.88. The smallest absolute Gasteiger partial charge is 0.324 e. The van der Waals surface area contributed by atoms with Gasteiger partial charge in [0.1, 0.15) is 6.04 Å². The number of carbonyl (C=O) groups excluding carboxylic acids is 2. The summed E-state index contributed by atoms with van der Waals surface area (Å²) in [5, 5.41) is 11.3. The summed E-state index contributed by atoms with van der Waals surface area (Å²) in [6.45, 7) is 3.55. The molecular weight excluding hydrogens is 490 g/mol. The summed E-state index contributed by atoms with van der Waals surface area (Å²) in [5.41, 5.74) is 2.03. The van der Waals surface area contributed by atoms with E-state index in [-0.39, 0.29) is 30.1 Å². The Labute approximate surface area is 217 Å². The Morgan fingerprint density at radius 2 is 1.57 bits per heavy atom. The van der Waals surface area contributed by atoms with Crippen molar-refractivity contribution in [2.45, 2.75) is 49.8 Å². The molecule has 7 nitrogen and oxygen atoms in total. The van der Waals surface area contributed by atoms with Crippen LogP contribution >= 0.6 is 0 Å². The van der Waals surface area contributed by atoms with Gasteiger partial charge in [0, 0.05) is 17.9 Å². The zero-order valence-corrected chi connectivity index (χ0v) is 21.7. The van der Waals surface area contributed by atoms with Crippen molar-refractivity contribution in [3.63, 3.8) is 0 Å². The number of sulfonamides is 1. The maximum Gasteiger partial charge on any atom is 0.324 e. The molecule has 1 fully saturated rings. The molecule has 4 atom stereocenters. The van der Waals surface area contributed by atoms with Crippen LogP contribution in [0.4, 0.5) is 0 Å². The third-order valence-corrected chi connectivity index (χ3v) is 8.68. The molecular formula is C29H31NO6S. The van der Waals surface area contributed by atoms with Crippen molar-refractivity contribution in [3.05, 3.63) is 102 Å². The summed E-state index contributed by atoms with van der Waals surface area (Å²) in [5.74, 6) is -1.88. The second kappa shape index (κ2) is 11.4. The number of benzene rings is 3. The molecule has 37 heavy (non-hydrogen) atoms. The summed E-state index contributed by atoms with van der Waals surface area (Å²) < 4.78 is 34.6. The van der Waals surface area contributed by atoms with Crippen molar-refractivity contribution >= 4 is 21.8 Å². The molecule has 3 aromatic carbocycles. The lowest BCUT2D eigenvalue weighted by Crippen LogP contribution is -2.47. The Morgan fingerprint density at radius 3 is 2.16 bits per heavy atom. The molecule has 8 heteroatoms. The molecule has 1 saturated heterocycles. The predicted molar refractivity (Wildman–Crippen MR) is 139 cm³/mol. The fourth-order valence-electron chi connectivity index (χ4n) is 4.94. The summed E-state index contributed by atoms with van der Waals surface area (Å²) in [6.07, 6.45) is -1.35. The van der Waals surface area contributed by atoms with Gasteiger partial charge in [0.25, 0.3) is 0 Å². The maximum absolute atomic E-state index is 14.0. The molecule has 0 spiro atoms. The van der Waals surface area contributed by atoms with Crippen LogP contribution in [0.2, 0.25) is 0 Å². The molecule has 0 aliphatic carbocycles. The van der Waals surface area contributed by atoms with Crippen LogP contribution in [-0.4, -0.2) is 48.3 Å². The van der Waals surface area contributed by atoms with E-state index < -0.39 is 40.1 Å². The van der Waals surface area contributed by atoms with Gasteiger partial charge in [0.15, 0.2) is 5.78 Å². The van der Waals surface area contributed by atoms with Gasteiger partial charge >= 0.3 is 5.97 Å². The lowest BCUT2D eigenvalue weighted by molar-refractivity contribution is -0.149. The van der Waals surface area contributed by atoms with Gasteiger partial charge in [-0.2, -0.15) is 4.31 Å². The second-order valence-corrected chi connectivity index (χ2v) is 11.1. The second-order valence-electron chi connectivity index (χ2n) is 9.23. The highest BCUT2D eigenvalue weighted by molar-refractivity contribution is 7.89. The van der Waals surface area contributed by atoms with Crippen LogP contribution in [0, 0.1) is 12.8 Å². The Bertz CT molecular complexity index is 1330. The molecule has 0 unspecified atom stereocenters. The maximum atomic E-state index is 14.0. The van der Waals surface area contributed by atoms with E-state index >= 15 is 0 Å². The molecule has 0 saturated carbocycles. The lowest BCUT2D eigenvalue weighted by Gasteiger charge is -2.30. The molecule has 0 radical (unpaired) electrons. The summed E-state index contributed by atoms with van der Waals surface area (Å²) in [4.78, 5) is 26.2. The van der Waals surface area contributed by atoms with E-state index in [2.05, 4.69) is 0 Å². The minimum absolute atomic E-state index is 0.0452. The minimum atomic E-state index is -4.18. The van der Waals surface area contributed by atoms with Gasteiger partial charge in [-0.05, 0) is 38.0 Å². The van der Waals surface area contributed by atoms with Gasteiger partial charge in [-0.1, -0.05) is 78.4 Å². The summed E-state index contributed by atoms with van der Waals surface area (Å²) in [7, 11) is -4.18. The number of hydrogen-bond donors (Lipinski definition) is 1. The quantitative estimate of drug-likeness (QED) is 0.333. The Kier molecular flexibility index (Phi) is 8.22. The molecule has 1 aliphatic rings. The first-order valence-corrected chi connectivity index (χ1v) is 13.8. The highest BCUT2D eigenvalue weighted by Gasteiger charge is 2.54. The van der Waals surface area contributed by atoms with Gasteiger partial charge in [0.05, 0.1) is 23.6 Å². The molecule has 0 bridgehead atoms. The normalized spacial score (nSPS) is 20.9. The predicted octanol–water partition coefficient (Wildman–Crippen LogP) is 4.31. The van der Waals surface area contributed by atoms with Crippen LogP contribution in [0.5, 0.6) is 0 Å². The average molecular weight is 522 g/mol. The number of ketones is 1. The largest absolute Gasteiger partial charge is 0.465 e. The van der Waals surface area contributed by atoms with E-state index in [0.717, 1.165) is 5.56 Å². The van der Waals surface area contributed by atoms with Crippen LogP contribution in [-0.2, 0) is 19.6 Å². The van der Waals surface area contributed by atoms with Crippen molar-refractivity contribution in [1.82, 2.24) is 4.31 Å². The Morgan fingerprint density at radius 1 is 0.973 bits per heavy atom. The molecule has 0 aromatic heterocycles. The Balaban J connectivity index is 1.78. The number of esters is 1. The number of ether oxygens (including phenoxy) is 1. The number of aliphatic hydroxyl groups excluding tert-OH is 1. The first-order valence-electron chi connectivity index (χ1n) is 12.3. The van der Waals surface area contributed by atoms with Crippen molar-refractivity contribution in [2.75, 3.05) is 6.61 Å². The van der Waals surface area contributed by atoms with Gasteiger partial charge in [-0.15, -0.1) is 0 Å². The zero-order chi connectivity index (χ0) is 26.6. The van der Waals surface area contributed by atoms with E-state index in [4.69, 9.17) is 4.74 Å². The fraction of sp³-hybridized carbons (Fsp3) is 0.310. The number of aryl methyl sites for hydroxylation is 1. The first kappa shape index (κ1) is 26.7. The number of aliphatic hydroxyl groups is 1. The molecule has 1 N–H and O–H groups in total. The third-order valence-electron chi connectivity index (χ3n) is 6.78. The molecule has 1 aliphatic heterocycles. The SMILES string of the molecule is CCOC(=O)[C@H]1[C@H]([C@H](O)CC(=O)c2ccccc2)C[C@@H](c2ccccc2)N1S(=O)(=O)c1ccc(C)cc1. The van der Waals surface area contributed by atoms with Crippen LogP contribution in [0.25, 0.3) is 0 Å². The number of carbonyl (C=O) groups is 2. The molecule has 194 valence electrons. The molecule has 3 aromatic rings. The summed E-state index contributed by atoms with van der Waals surface area (Å²) in [6, 6.07) is 22.0. The fourth-order valence-corrected chi connectivity index (χ4v) is 6.75. The average Bonchev–Trinajstić information content (AvgIpc) is 3.32. The van der Waals surface area contributed by atoms with Crippen molar-refractivity contribution in [3.8, 4) is 0 Å². The molecule has 4 rings (SSSR count). The minimum Gasteiger partial charge on any atom is -0.465 e. The van der Waals surface area contributed by atoms with Gasteiger partial charge in [-0.3, -0.25) is 9.59 Å². The Hall–Kier alpha value is -3.33. The summed E-state index contributed by atoms with van der Waals surface area (Å²) >= 11 is 0. The van der Waals surface area contributed by atoms with Crippen LogP contribution < -0.4 is 0 Å². The molecule has 1 heterocycles. The van der Waals surface area contributed by atoms with Gasteiger partial charge in [-0.25, -0.2) is 8.42 Å². The van der Waals surface area contributed by atoms with Crippen molar-refractivity contribution < 1.29 is 27.9 Å². The standard InChI is InChI=1S/C29H31NO6S/c1-3-36-29(33)28-24(27(32)19-26(31)22-12-8-5-9-13-22)18-25(21-10-6-4-7-11-21)30(28)37(34,35)23-16-14-20(2)15-17-23/h4-17,24-25,27-28,32H,3,18-19H2,1-2H3/t24-,25-,27+,28+/m0/s1. The first-order chi connectivity index (χ1) is 17.7. The van der Waals surface area contributed by atoms with Crippen molar-refractivity contribution in [1.29, 1.82) is 0 Å². The van der Waals surface area contributed by atoms with E-state index in [1.54, 1.807) is 73.7 Å². The highest BCUT2D eigenvalue weighted by atomic mass is 32.2. The zero-order valence-electron chi connectivity index (χ0n) is 20.9. The van der Waals surface area contributed by atoms with E-state index in [9.17, 15) is 23.1 Å². The van der Waals surface area contributed by atoms with Crippen LogP contribution in [0.15, 0.2) is 89.8 Å². The monoisotopic (exact) mass is 521 g/mol. The van der Waals surface area contributed by atoms with Crippen LogP contribution in [0.3, 0.4) is 0 Å². The topological polar surface area (TPSA) is 101 Å². The number of hydrogen-bond acceptors (Lipinski definition) is 6. The molecule has 0 amide bonds.